The summed E-state index contributed by atoms with van der Waals surface area (Å²) >= 11 is 0. The highest BCUT2D eigenvalue weighted by molar-refractivity contribution is 5.92. The molecular formula is C5H7O2-. The Balaban J connectivity index is 3.82. The van der Waals surface area contributed by atoms with Crippen molar-refractivity contribution in [3.63, 3.8) is 0 Å². The summed E-state index contributed by atoms with van der Waals surface area (Å²) in [5, 5.41) is 9.69. The van der Waals surface area contributed by atoms with Crippen LogP contribution in [-0.2, 0) is 4.79 Å². The van der Waals surface area contributed by atoms with E-state index in [9.17, 15) is 9.90 Å². The molecule has 0 aliphatic heterocycles. The van der Waals surface area contributed by atoms with E-state index < -0.39 is 0 Å². The van der Waals surface area contributed by atoms with Crippen LogP contribution in [0.15, 0.2) is 11.8 Å². The van der Waals surface area contributed by atoms with E-state index in [1.165, 1.54) is 13.8 Å². The number of carbonyl (C=O) groups excluding carboxylic acids is 1. The predicted octanol–water partition coefficient (Wildman–Crippen LogP) is -0.161. The van der Waals surface area contributed by atoms with Crippen molar-refractivity contribution < 1.29 is 9.90 Å². The molecule has 2 nitrogen and oxygen atoms in total. The maximum atomic E-state index is 10.1. The van der Waals surface area contributed by atoms with Crippen molar-refractivity contribution in [1.29, 1.82) is 0 Å². The number of rotatable bonds is 1. The SMILES string of the molecule is CC(=O)/C(C)=C\[O-]. The maximum Gasteiger partial charge on any atom is 0.154 e. The van der Waals surface area contributed by atoms with Gasteiger partial charge in [-0.1, -0.05) is 0 Å². The quantitative estimate of drug-likeness (QED) is 0.338. The van der Waals surface area contributed by atoms with Gasteiger partial charge in [-0.3, -0.25) is 4.79 Å². The molecule has 0 amide bonds. The van der Waals surface area contributed by atoms with Gasteiger partial charge in [0.15, 0.2) is 5.78 Å². The van der Waals surface area contributed by atoms with Gasteiger partial charge in [-0.25, -0.2) is 0 Å². The van der Waals surface area contributed by atoms with Gasteiger partial charge >= 0.3 is 0 Å². The first-order valence-corrected chi connectivity index (χ1v) is 1.98. The van der Waals surface area contributed by atoms with Crippen molar-refractivity contribution in [3.8, 4) is 0 Å². The molecule has 0 unspecified atom stereocenters. The van der Waals surface area contributed by atoms with Crippen LogP contribution in [0.1, 0.15) is 13.8 Å². The summed E-state index contributed by atoms with van der Waals surface area (Å²) in [7, 11) is 0. The van der Waals surface area contributed by atoms with Gasteiger partial charge in [0.2, 0.25) is 0 Å². The Morgan fingerprint density at radius 2 is 2.00 bits per heavy atom. The van der Waals surface area contributed by atoms with Crippen LogP contribution >= 0.6 is 0 Å². The molecule has 0 aromatic carbocycles. The van der Waals surface area contributed by atoms with Gasteiger partial charge in [0, 0.05) is 0 Å². The number of hydrogen-bond acceptors (Lipinski definition) is 2. The van der Waals surface area contributed by atoms with Crippen molar-refractivity contribution in [2.75, 3.05) is 0 Å². The van der Waals surface area contributed by atoms with Crippen LogP contribution in [0.3, 0.4) is 0 Å². The molecule has 0 aliphatic carbocycles. The summed E-state index contributed by atoms with van der Waals surface area (Å²) in [6, 6.07) is 0. The highest BCUT2D eigenvalue weighted by atomic mass is 16.2. The third-order valence-corrected chi connectivity index (χ3v) is 0.732. The topological polar surface area (TPSA) is 40.1 Å². The molecule has 0 bridgehead atoms. The van der Waals surface area contributed by atoms with E-state index in [2.05, 4.69) is 0 Å². The van der Waals surface area contributed by atoms with Gasteiger partial charge in [-0.15, -0.1) is 6.26 Å². The minimum atomic E-state index is -0.157. The predicted molar refractivity (Wildman–Crippen MR) is 24.4 cm³/mol. The summed E-state index contributed by atoms with van der Waals surface area (Å²) in [4.78, 5) is 10.1. The molecular weight excluding hydrogens is 92.1 g/mol. The van der Waals surface area contributed by atoms with Crippen molar-refractivity contribution in [3.05, 3.63) is 11.8 Å². The largest absolute Gasteiger partial charge is 0.878 e. The molecule has 0 atom stereocenters. The Hall–Kier alpha value is -0.790. The van der Waals surface area contributed by atoms with Gasteiger partial charge in [0.05, 0.1) is 0 Å². The van der Waals surface area contributed by atoms with E-state index >= 15 is 0 Å². The van der Waals surface area contributed by atoms with Gasteiger partial charge in [-0.05, 0) is 19.4 Å². The molecule has 0 aliphatic rings. The fourth-order valence-corrected chi connectivity index (χ4v) is 0.0830. The standard InChI is InChI=1S/C5H8O2/c1-4(3-6)5(2)7/h3,6H,1-2H3/p-1/b4-3-. The Morgan fingerprint density at radius 3 is 2.00 bits per heavy atom. The fourth-order valence-electron chi connectivity index (χ4n) is 0.0830. The van der Waals surface area contributed by atoms with Crippen molar-refractivity contribution in [2.24, 2.45) is 0 Å². The fraction of sp³-hybridized carbons (Fsp3) is 0.400. The second kappa shape index (κ2) is 2.39. The van der Waals surface area contributed by atoms with E-state index in [1.807, 2.05) is 0 Å². The van der Waals surface area contributed by atoms with Crippen molar-refractivity contribution in [2.45, 2.75) is 13.8 Å². The summed E-state index contributed by atoms with van der Waals surface area (Å²) < 4.78 is 0. The van der Waals surface area contributed by atoms with Crippen LogP contribution < -0.4 is 5.11 Å². The zero-order valence-corrected chi connectivity index (χ0v) is 4.39. The van der Waals surface area contributed by atoms with Gasteiger partial charge < -0.3 is 5.11 Å². The van der Waals surface area contributed by atoms with E-state index in [4.69, 9.17) is 0 Å². The molecule has 40 valence electrons. The Kier molecular flexibility index (Phi) is 2.12. The molecule has 0 radical (unpaired) electrons. The van der Waals surface area contributed by atoms with E-state index in [0.29, 0.717) is 6.26 Å². The summed E-state index contributed by atoms with van der Waals surface area (Å²) in [5.41, 5.74) is 0.278. The molecule has 0 spiro atoms. The van der Waals surface area contributed by atoms with Crippen molar-refractivity contribution in [1.82, 2.24) is 0 Å². The lowest BCUT2D eigenvalue weighted by atomic mass is 10.2. The number of hydrogen-bond donors (Lipinski definition) is 0. The Labute approximate surface area is 42.5 Å². The van der Waals surface area contributed by atoms with E-state index in [1.54, 1.807) is 0 Å². The smallest absolute Gasteiger partial charge is 0.154 e. The number of allylic oxidation sites excluding steroid dienone is 1. The van der Waals surface area contributed by atoms with Crippen LogP contribution in [0.2, 0.25) is 0 Å². The molecule has 2 heteroatoms. The van der Waals surface area contributed by atoms with Gasteiger partial charge in [0.1, 0.15) is 0 Å². The first-order chi connectivity index (χ1) is 3.18. The monoisotopic (exact) mass is 99.0 g/mol. The lowest BCUT2D eigenvalue weighted by molar-refractivity contribution is -0.276. The molecule has 0 rings (SSSR count). The second-order valence-electron chi connectivity index (χ2n) is 1.36. The zero-order chi connectivity index (χ0) is 5.86. The third kappa shape index (κ3) is 1.98. The van der Waals surface area contributed by atoms with Crippen molar-refractivity contribution >= 4 is 5.78 Å². The molecule has 7 heavy (non-hydrogen) atoms. The van der Waals surface area contributed by atoms with Crippen LogP contribution in [0, 0.1) is 0 Å². The van der Waals surface area contributed by atoms with Gasteiger partial charge in [-0.2, -0.15) is 0 Å². The third-order valence-electron chi connectivity index (χ3n) is 0.732. The number of carbonyl (C=O) groups is 1. The van der Waals surface area contributed by atoms with E-state index in [0.717, 1.165) is 0 Å². The molecule has 0 heterocycles. The zero-order valence-electron chi connectivity index (χ0n) is 4.39. The lowest BCUT2D eigenvalue weighted by Crippen LogP contribution is -1.97. The number of Topliss-reactive ketones (excluding diaryl/α,β-unsaturated/α-hetero) is 1. The Morgan fingerprint density at radius 1 is 1.57 bits per heavy atom. The molecule has 0 saturated heterocycles. The molecule has 0 saturated carbocycles. The van der Waals surface area contributed by atoms with Crippen LogP contribution in [0.25, 0.3) is 0 Å². The van der Waals surface area contributed by atoms with Crippen LogP contribution in [-0.4, -0.2) is 5.78 Å². The maximum absolute atomic E-state index is 10.1. The minimum absolute atomic E-state index is 0.157. The van der Waals surface area contributed by atoms with E-state index in [-0.39, 0.29) is 11.4 Å². The second-order valence-corrected chi connectivity index (χ2v) is 1.36. The number of ketones is 1. The average Bonchev–Trinajstić information content (AvgIpc) is 1.65. The highest BCUT2D eigenvalue weighted by Crippen LogP contribution is 1.87. The summed E-state index contributed by atoms with van der Waals surface area (Å²) in [6.07, 6.45) is 0.558. The average molecular weight is 99.1 g/mol. The van der Waals surface area contributed by atoms with Crippen LogP contribution in [0.5, 0.6) is 0 Å². The normalized spacial score (nSPS) is 11.4. The molecule has 0 N–H and O–H groups in total. The molecule has 0 aromatic heterocycles. The molecule has 0 aromatic rings. The minimum Gasteiger partial charge on any atom is -0.878 e. The Bertz CT molecular complexity index is 103. The first kappa shape index (κ1) is 6.21. The van der Waals surface area contributed by atoms with Crippen LogP contribution in [0.4, 0.5) is 0 Å². The first-order valence-electron chi connectivity index (χ1n) is 1.98. The van der Waals surface area contributed by atoms with Gasteiger partial charge in [0.25, 0.3) is 0 Å². The highest BCUT2D eigenvalue weighted by Gasteiger charge is 1.87. The lowest BCUT2D eigenvalue weighted by Gasteiger charge is -1.93. The molecule has 0 fully saturated rings. The summed E-state index contributed by atoms with van der Waals surface area (Å²) in [5.74, 6) is -0.157. The summed E-state index contributed by atoms with van der Waals surface area (Å²) in [6.45, 7) is 2.86.